The van der Waals surface area contributed by atoms with Crippen molar-refractivity contribution >= 4 is 35.1 Å². The minimum atomic E-state index is -0.300. The largest absolute Gasteiger partial charge is 0.495 e. The molecule has 1 aliphatic heterocycles. The molecule has 0 radical (unpaired) electrons. The Labute approximate surface area is 215 Å². The molecule has 0 saturated heterocycles. The summed E-state index contributed by atoms with van der Waals surface area (Å²) < 4.78 is 7.16. The number of ether oxygens (including phenoxy) is 1. The van der Waals surface area contributed by atoms with Gasteiger partial charge < -0.3 is 15.4 Å². The normalized spacial score (nSPS) is 14.9. The third-order valence-corrected chi connectivity index (χ3v) is 6.78. The summed E-state index contributed by atoms with van der Waals surface area (Å²) in [5.74, 6) is 1.50. The number of rotatable bonds is 9. The van der Waals surface area contributed by atoms with Crippen LogP contribution >= 0.6 is 11.8 Å². The van der Waals surface area contributed by atoms with Crippen molar-refractivity contribution in [2.24, 2.45) is 5.92 Å². The van der Waals surface area contributed by atoms with Crippen molar-refractivity contribution < 1.29 is 14.3 Å². The molecule has 4 rings (SSSR count). The standard InChI is InChI=1S/C27H31N5O3S/c1-16(2)14-21-24(25(34)29-20-8-6-7-9-23(20)35-5)18(4)28-26-30-27(31-32(21)26)36-15-22(33)19-12-10-17(3)11-13-19/h6-13,16,21H,14-15H2,1-5H3,(H,29,34)(H,28,30,31)/t21-/m0/s1. The van der Waals surface area contributed by atoms with Gasteiger partial charge in [-0.05, 0) is 38.3 Å². The van der Waals surface area contributed by atoms with Crippen LogP contribution in [0.15, 0.2) is 65.0 Å². The fourth-order valence-corrected chi connectivity index (χ4v) is 4.87. The molecule has 1 atom stereocenters. The molecule has 8 nitrogen and oxygen atoms in total. The molecule has 188 valence electrons. The van der Waals surface area contributed by atoms with Crippen molar-refractivity contribution in [2.75, 3.05) is 23.5 Å². The van der Waals surface area contributed by atoms with Gasteiger partial charge in [0.15, 0.2) is 5.78 Å². The highest BCUT2D eigenvalue weighted by atomic mass is 32.2. The predicted octanol–water partition coefficient (Wildman–Crippen LogP) is 5.50. The number of thioether (sulfide) groups is 1. The summed E-state index contributed by atoms with van der Waals surface area (Å²) in [6, 6.07) is 14.5. The van der Waals surface area contributed by atoms with Gasteiger partial charge in [0.25, 0.3) is 5.91 Å². The van der Waals surface area contributed by atoms with Gasteiger partial charge in [-0.2, -0.15) is 4.98 Å². The number of hydrogen-bond donors (Lipinski definition) is 2. The predicted molar refractivity (Wildman–Crippen MR) is 143 cm³/mol. The van der Waals surface area contributed by atoms with E-state index in [1.807, 2.05) is 50.2 Å². The SMILES string of the molecule is COc1ccccc1NC(=O)C1=C(C)Nc2nc(SCC(=O)c3ccc(C)cc3)nn2[C@H]1CC(C)C. The van der Waals surface area contributed by atoms with Gasteiger partial charge in [0.05, 0.1) is 30.2 Å². The minimum Gasteiger partial charge on any atom is -0.495 e. The lowest BCUT2D eigenvalue weighted by molar-refractivity contribution is -0.113. The van der Waals surface area contributed by atoms with Crippen LogP contribution in [0, 0.1) is 12.8 Å². The number of benzene rings is 2. The second-order valence-electron chi connectivity index (χ2n) is 9.20. The fourth-order valence-electron chi connectivity index (χ4n) is 4.15. The Morgan fingerprint density at radius 1 is 1.14 bits per heavy atom. The number of para-hydroxylation sites is 2. The fraction of sp³-hybridized carbons (Fsp3) is 0.333. The molecule has 2 heterocycles. The highest BCUT2D eigenvalue weighted by Gasteiger charge is 2.34. The molecule has 0 saturated carbocycles. The number of anilines is 2. The van der Waals surface area contributed by atoms with E-state index in [0.29, 0.717) is 46.0 Å². The van der Waals surface area contributed by atoms with Crippen molar-refractivity contribution in [3.05, 3.63) is 70.9 Å². The van der Waals surface area contributed by atoms with E-state index in [9.17, 15) is 9.59 Å². The highest BCUT2D eigenvalue weighted by Crippen LogP contribution is 2.36. The second kappa shape index (κ2) is 11.0. The first-order chi connectivity index (χ1) is 17.3. The smallest absolute Gasteiger partial charge is 0.255 e. The second-order valence-corrected chi connectivity index (χ2v) is 10.1. The molecule has 0 bridgehead atoms. The Hall–Kier alpha value is -3.59. The van der Waals surface area contributed by atoms with Gasteiger partial charge in [-0.15, -0.1) is 5.10 Å². The van der Waals surface area contributed by atoms with Crippen LogP contribution < -0.4 is 15.4 Å². The molecule has 2 N–H and O–H groups in total. The molecular formula is C27H31N5O3S. The maximum atomic E-state index is 13.5. The number of aromatic nitrogens is 3. The van der Waals surface area contributed by atoms with Crippen molar-refractivity contribution in [1.82, 2.24) is 14.8 Å². The number of aryl methyl sites for hydroxylation is 1. The number of hydrogen-bond acceptors (Lipinski definition) is 7. The Bertz CT molecular complexity index is 1300. The van der Waals surface area contributed by atoms with Gasteiger partial charge >= 0.3 is 0 Å². The van der Waals surface area contributed by atoms with Crippen LogP contribution in [-0.2, 0) is 4.79 Å². The highest BCUT2D eigenvalue weighted by molar-refractivity contribution is 7.99. The summed E-state index contributed by atoms with van der Waals surface area (Å²) in [5, 5.41) is 11.4. The lowest BCUT2D eigenvalue weighted by Crippen LogP contribution is -2.31. The third kappa shape index (κ3) is 5.62. The molecule has 0 aliphatic carbocycles. The number of nitrogens with zero attached hydrogens (tertiary/aromatic N) is 3. The zero-order valence-corrected chi connectivity index (χ0v) is 22.0. The van der Waals surface area contributed by atoms with E-state index in [-0.39, 0.29) is 23.5 Å². The zero-order chi connectivity index (χ0) is 25.8. The van der Waals surface area contributed by atoms with E-state index in [0.717, 1.165) is 11.3 Å². The van der Waals surface area contributed by atoms with E-state index in [1.165, 1.54) is 11.8 Å². The summed E-state index contributed by atoms with van der Waals surface area (Å²) in [7, 11) is 1.57. The Morgan fingerprint density at radius 2 is 1.86 bits per heavy atom. The topological polar surface area (TPSA) is 98.1 Å². The monoisotopic (exact) mass is 505 g/mol. The van der Waals surface area contributed by atoms with E-state index in [2.05, 4.69) is 34.6 Å². The Morgan fingerprint density at radius 3 is 2.56 bits per heavy atom. The van der Waals surface area contributed by atoms with Crippen LogP contribution in [0.3, 0.4) is 0 Å². The van der Waals surface area contributed by atoms with Gasteiger partial charge in [0, 0.05) is 11.3 Å². The summed E-state index contributed by atoms with van der Waals surface area (Å²) >= 11 is 1.29. The molecule has 1 amide bonds. The number of Topliss-reactive ketones (excluding diaryl/α,β-unsaturated/α-hetero) is 1. The van der Waals surface area contributed by atoms with Crippen LogP contribution in [0.5, 0.6) is 5.75 Å². The number of carbonyl (C=O) groups excluding carboxylic acids is 2. The first-order valence-electron chi connectivity index (χ1n) is 11.9. The average molecular weight is 506 g/mol. The summed E-state index contributed by atoms with van der Waals surface area (Å²) in [6.07, 6.45) is 0.705. The van der Waals surface area contributed by atoms with Crippen molar-refractivity contribution in [3.63, 3.8) is 0 Å². The van der Waals surface area contributed by atoms with Crippen LogP contribution in [0.1, 0.15) is 49.2 Å². The maximum Gasteiger partial charge on any atom is 0.255 e. The van der Waals surface area contributed by atoms with Crippen molar-refractivity contribution in [2.45, 2.75) is 45.3 Å². The molecule has 9 heteroatoms. The molecule has 0 fully saturated rings. The van der Waals surface area contributed by atoms with Crippen LogP contribution in [0.4, 0.5) is 11.6 Å². The number of methoxy groups -OCH3 is 1. The molecule has 1 aliphatic rings. The van der Waals surface area contributed by atoms with E-state index in [1.54, 1.807) is 23.9 Å². The van der Waals surface area contributed by atoms with Crippen LogP contribution in [0.25, 0.3) is 0 Å². The first kappa shape index (κ1) is 25.5. The number of amides is 1. The molecule has 3 aromatic rings. The lowest BCUT2D eigenvalue weighted by atomic mass is 9.94. The zero-order valence-electron chi connectivity index (χ0n) is 21.2. The summed E-state index contributed by atoms with van der Waals surface area (Å²) in [4.78, 5) is 30.7. The summed E-state index contributed by atoms with van der Waals surface area (Å²) in [6.45, 7) is 8.08. The Kier molecular flexibility index (Phi) is 7.79. The van der Waals surface area contributed by atoms with Gasteiger partial charge in [-0.25, -0.2) is 4.68 Å². The number of ketones is 1. The molecule has 1 aromatic heterocycles. The van der Waals surface area contributed by atoms with Crippen molar-refractivity contribution in [3.8, 4) is 5.75 Å². The van der Waals surface area contributed by atoms with Gasteiger partial charge in [-0.3, -0.25) is 9.59 Å². The molecule has 0 spiro atoms. The van der Waals surface area contributed by atoms with Gasteiger partial charge in [0.2, 0.25) is 11.1 Å². The third-order valence-electron chi connectivity index (χ3n) is 5.94. The molecule has 2 aromatic carbocycles. The van der Waals surface area contributed by atoms with Crippen LogP contribution in [-0.4, -0.2) is 39.3 Å². The molecule has 36 heavy (non-hydrogen) atoms. The maximum absolute atomic E-state index is 13.5. The average Bonchev–Trinajstić information content (AvgIpc) is 3.25. The Balaban J connectivity index is 1.55. The molecular weight excluding hydrogens is 474 g/mol. The van der Waals surface area contributed by atoms with E-state index in [4.69, 9.17) is 4.74 Å². The first-order valence-corrected chi connectivity index (χ1v) is 12.9. The summed E-state index contributed by atoms with van der Waals surface area (Å²) in [5.41, 5.74) is 3.70. The van der Waals surface area contributed by atoms with E-state index < -0.39 is 0 Å². The van der Waals surface area contributed by atoms with E-state index >= 15 is 0 Å². The quantitative estimate of drug-likeness (QED) is 0.293. The number of fused-ring (bicyclic) bond motifs is 1. The van der Waals surface area contributed by atoms with Gasteiger partial charge in [0.1, 0.15) is 5.75 Å². The minimum absolute atomic E-state index is 0.0191. The number of carbonyl (C=O) groups is 2. The van der Waals surface area contributed by atoms with Gasteiger partial charge in [-0.1, -0.05) is 67.6 Å². The van der Waals surface area contributed by atoms with Crippen molar-refractivity contribution in [1.29, 1.82) is 0 Å². The number of allylic oxidation sites excluding steroid dienone is 1. The molecule has 0 unspecified atom stereocenters. The number of nitrogens with one attached hydrogen (secondary N) is 2. The van der Waals surface area contributed by atoms with Crippen LogP contribution in [0.2, 0.25) is 0 Å². The lowest BCUT2D eigenvalue weighted by Gasteiger charge is -2.29.